The van der Waals surface area contributed by atoms with Crippen molar-refractivity contribution in [3.63, 3.8) is 0 Å². The van der Waals surface area contributed by atoms with Crippen LogP contribution >= 0.6 is 11.6 Å². The van der Waals surface area contributed by atoms with E-state index >= 15 is 0 Å². The molecule has 5 amide bonds. The number of amides is 5. The van der Waals surface area contributed by atoms with Crippen molar-refractivity contribution in [3.8, 4) is 33.8 Å². The smallest absolute Gasteiger partial charge is 0.251 e. The van der Waals surface area contributed by atoms with Crippen LogP contribution in [0.15, 0.2) is 91.1 Å². The molecule has 4 bridgehead atoms. The number of aromatic amines is 1. The number of hydrogen-bond donors (Lipinski definition) is 9. The summed E-state index contributed by atoms with van der Waals surface area (Å²) in [6.07, 6.45) is 2.43. The maximum Gasteiger partial charge on any atom is 0.251 e. The number of rotatable bonds is 19. The first-order chi connectivity index (χ1) is 33.6. The molecule has 70 heavy (non-hydrogen) atoms. The van der Waals surface area contributed by atoms with Crippen LogP contribution in [0.2, 0.25) is 5.02 Å². The van der Waals surface area contributed by atoms with Crippen molar-refractivity contribution < 1.29 is 38.2 Å². The van der Waals surface area contributed by atoms with Gasteiger partial charge in [0.15, 0.2) is 0 Å². The van der Waals surface area contributed by atoms with E-state index in [1.165, 1.54) is 32.0 Å². The molecular formula is C50H60ClN11O8. The molecule has 1 aliphatic heterocycles. The van der Waals surface area contributed by atoms with Crippen LogP contribution in [-0.2, 0) is 25.6 Å². The predicted octanol–water partition coefficient (Wildman–Crippen LogP) is 3.01. The Morgan fingerprint density at radius 1 is 0.814 bits per heavy atom. The Hall–Kier alpha value is -7.32. The summed E-state index contributed by atoms with van der Waals surface area (Å²) in [5.74, 6) is -3.12. The zero-order valence-electron chi connectivity index (χ0n) is 39.3. The molecular weight excluding hydrogens is 918 g/mol. The molecule has 0 spiro atoms. The number of H-pyrrole nitrogens is 1. The van der Waals surface area contributed by atoms with Gasteiger partial charge in [0.25, 0.3) is 5.91 Å². The lowest BCUT2D eigenvalue weighted by molar-refractivity contribution is -0.141. The van der Waals surface area contributed by atoms with Crippen LogP contribution < -0.4 is 53.7 Å². The molecule has 5 aromatic rings. The molecule has 0 fully saturated rings. The molecule has 370 valence electrons. The van der Waals surface area contributed by atoms with Crippen LogP contribution in [0.3, 0.4) is 0 Å². The lowest BCUT2D eigenvalue weighted by Crippen LogP contribution is -2.57. The highest BCUT2D eigenvalue weighted by Gasteiger charge is 2.36. The Balaban J connectivity index is 1.39. The highest BCUT2D eigenvalue weighted by Crippen LogP contribution is 2.40. The molecule has 20 heteroatoms. The second-order valence-corrected chi connectivity index (χ2v) is 17.3. The van der Waals surface area contributed by atoms with Gasteiger partial charge in [-0.2, -0.15) is 5.10 Å². The Morgan fingerprint density at radius 3 is 2.06 bits per heavy atom. The first kappa shape index (κ1) is 52.1. The number of carbonyl (C=O) groups excluding carboxylic acids is 6. The minimum absolute atomic E-state index is 0.00883. The molecule has 6 rings (SSSR count). The van der Waals surface area contributed by atoms with E-state index < -0.39 is 65.5 Å². The molecule has 0 unspecified atom stereocenters. The molecule has 1 aliphatic rings. The number of carbonyl (C=O) groups is 6. The van der Waals surface area contributed by atoms with Gasteiger partial charge in [-0.3, -0.25) is 33.9 Å². The van der Waals surface area contributed by atoms with E-state index in [0.717, 1.165) is 11.1 Å². The minimum Gasteiger partial charge on any atom is -0.492 e. The van der Waals surface area contributed by atoms with E-state index in [1.54, 1.807) is 72.8 Å². The molecule has 2 heterocycles. The quantitative estimate of drug-likeness (QED) is 0.0425. The van der Waals surface area contributed by atoms with Crippen molar-refractivity contribution in [2.45, 2.75) is 69.7 Å². The average molecular weight is 979 g/mol. The molecule has 19 nitrogen and oxygen atoms in total. The van der Waals surface area contributed by atoms with Crippen LogP contribution in [0, 0.1) is 0 Å². The summed E-state index contributed by atoms with van der Waals surface area (Å²) >= 11 is 6.08. The zero-order chi connectivity index (χ0) is 50.5. The van der Waals surface area contributed by atoms with Gasteiger partial charge in [-0.15, -0.1) is 0 Å². The summed E-state index contributed by atoms with van der Waals surface area (Å²) in [5, 5.41) is 18.0. The van der Waals surface area contributed by atoms with Gasteiger partial charge in [-0.05, 0) is 110 Å². The molecule has 1 aromatic heterocycles. The Morgan fingerprint density at radius 2 is 1.44 bits per heavy atom. The van der Waals surface area contributed by atoms with Crippen molar-refractivity contribution in [1.29, 1.82) is 0 Å². The van der Waals surface area contributed by atoms with E-state index in [1.807, 2.05) is 12.1 Å². The first-order valence-electron chi connectivity index (χ1n) is 22.9. The second-order valence-electron chi connectivity index (χ2n) is 16.9. The lowest BCUT2D eigenvalue weighted by atomic mass is 9.93. The van der Waals surface area contributed by atoms with Gasteiger partial charge in [-0.1, -0.05) is 48.0 Å². The summed E-state index contributed by atoms with van der Waals surface area (Å²) in [6, 6.07) is 18.2. The number of anilines is 1. The summed E-state index contributed by atoms with van der Waals surface area (Å²) in [6.45, 7) is 3.85. The summed E-state index contributed by atoms with van der Waals surface area (Å²) in [4.78, 5) is 86.2. The largest absolute Gasteiger partial charge is 0.492 e. The van der Waals surface area contributed by atoms with Crippen LogP contribution in [0.1, 0.15) is 71.1 Å². The lowest BCUT2D eigenvalue weighted by Gasteiger charge is -2.33. The third-order valence-electron chi connectivity index (χ3n) is 11.8. The van der Waals surface area contributed by atoms with Gasteiger partial charge in [-0.25, -0.2) is 0 Å². The highest BCUT2D eigenvalue weighted by molar-refractivity contribution is 6.30. The van der Waals surface area contributed by atoms with E-state index in [2.05, 4.69) is 31.5 Å². The van der Waals surface area contributed by atoms with Crippen LogP contribution in [0.4, 0.5) is 5.69 Å². The fourth-order valence-electron chi connectivity index (χ4n) is 7.99. The SMILES string of the molecule is C[C@@H]1NC(=O)[C@@H](N(C)C(=O)[C@H](CCCCN)NC(=O)c2ccc(-c3ccc(Cl)cc3)cc2)c2ccc(OCCN)c(c2)-c2cc(ccc2OCCN)C[C@@H](C(=O)N[C@@H](C)C(=O)c2[nH]ncc2N)NC1=O. The number of halogens is 1. The third-order valence-corrected chi connectivity index (χ3v) is 12.0. The molecule has 0 radical (unpaired) electrons. The molecule has 0 saturated carbocycles. The highest BCUT2D eigenvalue weighted by atomic mass is 35.5. The van der Waals surface area contributed by atoms with Crippen LogP contribution in [-0.4, -0.2) is 114 Å². The fraction of sp³-hybridized carbons (Fsp3) is 0.340. The number of benzene rings is 4. The molecule has 5 atom stereocenters. The summed E-state index contributed by atoms with van der Waals surface area (Å²) in [7, 11) is 1.44. The fourth-order valence-corrected chi connectivity index (χ4v) is 8.12. The minimum atomic E-state index is -1.40. The van der Waals surface area contributed by atoms with Gasteiger partial charge in [0.05, 0.1) is 17.9 Å². The maximum absolute atomic E-state index is 14.9. The van der Waals surface area contributed by atoms with E-state index in [4.69, 9.17) is 44.0 Å². The average Bonchev–Trinajstić information content (AvgIpc) is 3.79. The normalized spacial score (nSPS) is 16.6. The van der Waals surface area contributed by atoms with E-state index in [0.29, 0.717) is 63.7 Å². The monoisotopic (exact) mass is 977 g/mol. The number of Topliss-reactive ketones (excluding diaryl/α,β-unsaturated/α-hetero) is 1. The number of unbranched alkanes of at least 4 members (excludes halogenated alkanes) is 1. The third kappa shape index (κ3) is 12.9. The molecule has 0 saturated heterocycles. The predicted molar refractivity (Wildman–Crippen MR) is 266 cm³/mol. The zero-order valence-corrected chi connectivity index (χ0v) is 40.0. The Kier molecular flexibility index (Phi) is 18.1. The Bertz CT molecular complexity index is 2660. The van der Waals surface area contributed by atoms with Gasteiger partial charge in [0, 0.05) is 48.3 Å². The summed E-state index contributed by atoms with van der Waals surface area (Å²) in [5.41, 5.74) is 27.5. The van der Waals surface area contributed by atoms with E-state index in [-0.39, 0.29) is 50.5 Å². The number of nitrogens with one attached hydrogen (secondary N) is 5. The van der Waals surface area contributed by atoms with Gasteiger partial charge in [0.1, 0.15) is 54.6 Å². The number of nitrogens with two attached hydrogens (primary N) is 4. The van der Waals surface area contributed by atoms with Crippen molar-refractivity contribution in [1.82, 2.24) is 36.4 Å². The maximum atomic E-state index is 14.9. The van der Waals surface area contributed by atoms with Crippen LogP contribution in [0.5, 0.6) is 11.5 Å². The number of aromatic nitrogens is 2. The van der Waals surface area contributed by atoms with Crippen molar-refractivity contribution >= 4 is 52.6 Å². The summed E-state index contributed by atoms with van der Waals surface area (Å²) < 4.78 is 12.3. The van der Waals surface area contributed by atoms with Gasteiger partial charge in [0.2, 0.25) is 29.4 Å². The topological polar surface area (TPSA) is 305 Å². The van der Waals surface area contributed by atoms with Crippen molar-refractivity contribution in [2.75, 3.05) is 45.6 Å². The van der Waals surface area contributed by atoms with Crippen molar-refractivity contribution in [3.05, 3.63) is 119 Å². The number of ether oxygens (including phenoxy) is 2. The number of likely N-dealkylation sites (N-methyl/N-ethyl adjacent to an activating group) is 1. The molecule has 4 aromatic carbocycles. The van der Waals surface area contributed by atoms with Gasteiger partial charge >= 0.3 is 0 Å². The molecule has 0 aliphatic carbocycles. The molecule has 13 N–H and O–H groups in total. The number of nitrogen functional groups attached to an aromatic ring is 1. The number of hydrogen-bond acceptors (Lipinski definition) is 13. The number of fused-ring (bicyclic) bond motifs is 5. The standard InChI is InChI=1S/C50H60ClN11O8/c1-28(45(63)43-38(55)27-56-61-43)57-48(66)40-25-30-7-17-41(69-22-20-53)36(24-30)37-26-34(14-18-42(37)70-23-21-54)44(49(67)58-29(2)46(64)60-40)62(3)50(68)39(6-4-5-19-52)59-47(65)33-10-8-31(9-11-33)32-12-15-35(51)16-13-32/h7-18,24,26-29,39-40,44H,4-6,19-23,25,52-55H2,1-3H3,(H,56,61)(H,57,66)(H,58,67)(H,59,65)(H,60,64)/t28-,29-,39-,40-,44-/m0/s1. The van der Waals surface area contributed by atoms with Crippen LogP contribution in [0.25, 0.3) is 22.3 Å². The first-order valence-corrected chi connectivity index (χ1v) is 23.3. The van der Waals surface area contributed by atoms with Gasteiger partial charge < -0.3 is 58.6 Å². The number of ketones is 1. The van der Waals surface area contributed by atoms with E-state index in [9.17, 15) is 28.8 Å². The number of nitrogens with zero attached hydrogens (tertiary/aromatic N) is 2. The second kappa shape index (κ2) is 24.3. The Labute approximate surface area is 410 Å². The van der Waals surface area contributed by atoms with Crippen molar-refractivity contribution in [2.24, 2.45) is 17.2 Å².